The minimum atomic E-state index is -4.90. The lowest BCUT2D eigenvalue weighted by molar-refractivity contribution is -0.274. The Morgan fingerprint density at radius 3 is 2.38 bits per heavy atom. The molecule has 0 fully saturated rings. The minimum Gasteiger partial charge on any atom is -0.480 e. The number of carbonyl (C=O) groups excluding carboxylic acids is 1. The average molecular weight is 355 g/mol. The number of hydrogen-bond donors (Lipinski definition) is 2. The van der Waals surface area contributed by atoms with E-state index in [-0.39, 0.29) is 18.4 Å². The number of aryl methyl sites for hydroxylation is 1. The maximum Gasteiger partial charge on any atom is 0.573 e. The van der Waals surface area contributed by atoms with Gasteiger partial charge in [0.1, 0.15) is 11.8 Å². The maximum absolute atomic E-state index is 12.3. The van der Waals surface area contributed by atoms with Crippen molar-refractivity contribution in [3.05, 3.63) is 29.8 Å². The van der Waals surface area contributed by atoms with Crippen molar-refractivity contribution in [2.24, 2.45) is 0 Å². The van der Waals surface area contributed by atoms with Crippen LogP contribution < -0.4 is 10.1 Å². The number of aliphatic carboxylic acids is 1. The number of halogens is 5. The molecule has 0 saturated heterocycles. The van der Waals surface area contributed by atoms with Gasteiger partial charge in [0.05, 0.1) is 0 Å². The number of carboxylic acids is 1. The van der Waals surface area contributed by atoms with Gasteiger partial charge in [0, 0.05) is 12.8 Å². The normalized spacial score (nSPS) is 12.8. The molecule has 1 amide bonds. The summed E-state index contributed by atoms with van der Waals surface area (Å²) < 4.78 is 65.0. The van der Waals surface area contributed by atoms with Gasteiger partial charge in [-0.1, -0.05) is 18.2 Å². The van der Waals surface area contributed by atoms with Crippen molar-refractivity contribution in [2.45, 2.75) is 38.1 Å². The summed E-state index contributed by atoms with van der Waals surface area (Å²) in [7, 11) is 0. The second kappa shape index (κ2) is 8.46. The molecule has 0 bridgehead atoms. The van der Waals surface area contributed by atoms with Crippen LogP contribution in [0.2, 0.25) is 0 Å². The Morgan fingerprint density at radius 2 is 1.83 bits per heavy atom. The van der Waals surface area contributed by atoms with E-state index in [1.165, 1.54) is 18.2 Å². The molecule has 5 nitrogen and oxygen atoms in total. The van der Waals surface area contributed by atoms with Crippen LogP contribution in [0.4, 0.5) is 22.0 Å². The molecule has 1 aromatic carbocycles. The van der Waals surface area contributed by atoms with E-state index in [1.54, 1.807) is 0 Å². The molecule has 0 aliphatic heterocycles. The third kappa shape index (κ3) is 7.25. The van der Waals surface area contributed by atoms with E-state index in [0.29, 0.717) is 0 Å². The number of carbonyl (C=O) groups is 2. The molecule has 0 spiro atoms. The summed E-state index contributed by atoms with van der Waals surface area (Å²) in [5, 5.41) is 10.6. The number of hydrogen-bond acceptors (Lipinski definition) is 3. The van der Waals surface area contributed by atoms with Gasteiger partial charge in [0.25, 0.3) is 0 Å². The van der Waals surface area contributed by atoms with Crippen LogP contribution in [-0.4, -0.2) is 35.8 Å². The summed E-state index contributed by atoms with van der Waals surface area (Å²) in [6, 6.07) is 3.36. The molecule has 10 heteroatoms. The summed E-state index contributed by atoms with van der Waals surface area (Å²) >= 11 is 0. The second-order valence-corrected chi connectivity index (χ2v) is 4.74. The largest absolute Gasteiger partial charge is 0.573 e. The Kier molecular flexibility index (Phi) is 6.93. The van der Waals surface area contributed by atoms with E-state index < -0.39 is 42.9 Å². The lowest BCUT2D eigenvalue weighted by Gasteiger charge is -2.15. The van der Waals surface area contributed by atoms with Crippen molar-refractivity contribution < 1.29 is 41.4 Å². The first-order chi connectivity index (χ1) is 11.1. The highest BCUT2D eigenvalue weighted by Crippen LogP contribution is 2.27. The lowest BCUT2D eigenvalue weighted by Crippen LogP contribution is -2.42. The van der Waals surface area contributed by atoms with Crippen molar-refractivity contribution in [1.29, 1.82) is 0 Å². The highest BCUT2D eigenvalue weighted by molar-refractivity contribution is 5.83. The van der Waals surface area contributed by atoms with Crippen LogP contribution in [0.1, 0.15) is 18.4 Å². The first-order valence-corrected chi connectivity index (χ1v) is 6.72. The van der Waals surface area contributed by atoms with Gasteiger partial charge >= 0.3 is 12.3 Å². The minimum absolute atomic E-state index is 0.0747. The van der Waals surface area contributed by atoms with Gasteiger partial charge in [0.15, 0.2) is 0 Å². The van der Waals surface area contributed by atoms with E-state index in [1.807, 2.05) is 5.32 Å². The number of amides is 1. The summed E-state index contributed by atoms with van der Waals surface area (Å²) in [4.78, 5) is 22.4. The summed E-state index contributed by atoms with van der Waals surface area (Å²) in [6.07, 6.45) is -9.45. The van der Waals surface area contributed by atoms with E-state index >= 15 is 0 Å². The quantitative estimate of drug-likeness (QED) is 0.703. The van der Waals surface area contributed by atoms with E-state index in [9.17, 15) is 31.5 Å². The molecule has 0 aliphatic carbocycles. The summed E-state index contributed by atoms with van der Waals surface area (Å²) in [5.41, 5.74) is 0.0747. The van der Waals surface area contributed by atoms with Crippen molar-refractivity contribution in [1.82, 2.24) is 5.32 Å². The van der Waals surface area contributed by atoms with Crippen LogP contribution >= 0.6 is 0 Å². The molecular weight excluding hydrogens is 341 g/mol. The van der Waals surface area contributed by atoms with Gasteiger partial charge in [0.2, 0.25) is 12.3 Å². The number of para-hydroxylation sites is 1. The van der Waals surface area contributed by atoms with E-state index in [4.69, 9.17) is 5.11 Å². The summed E-state index contributed by atoms with van der Waals surface area (Å²) in [6.45, 7) is 0. The van der Waals surface area contributed by atoms with Crippen molar-refractivity contribution in [3.8, 4) is 5.75 Å². The van der Waals surface area contributed by atoms with Crippen LogP contribution in [0.25, 0.3) is 0 Å². The fourth-order valence-corrected chi connectivity index (χ4v) is 1.85. The van der Waals surface area contributed by atoms with Crippen LogP contribution in [0.3, 0.4) is 0 Å². The lowest BCUT2D eigenvalue weighted by atomic mass is 10.1. The highest BCUT2D eigenvalue weighted by atomic mass is 19.4. The molecule has 0 heterocycles. The molecule has 1 atom stereocenters. The van der Waals surface area contributed by atoms with Gasteiger partial charge in [-0.25, -0.2) is 13.6 Å². The monoisotopic (exact) mass is 355 g/mol. The van der Waals surface area contributed by atoms with Gasteiger partial charge in [-0.05, 0) is 18.1 Å². The predicted molar refractivity (Wildman–Crippen MR) is 71.6 cm³/mol. The molecule has 2 N–H and O–H groups in total. The third-order valence-corrected chi connectivity index (χ3v) is 2.87. The number of ether oxygens (including phenoxy) is 1. The number of alkyl halides is 5. The zero-order valence-corrected chi connectivity index (χ0v) is 12.1. The maximum atomic E-state index is 12.3. The molecule has 1 aromatic rings. The zero-order valence-electron chi connectivity index (χ0n) is 12.1. The number of rotatable bonds is 8. The van der Waals surface area contributed by atoms with Crippen LogP contribution in [-0.2, 0) is 16.0 Å². The first-order valence-electron chi connectivity index (χ1n) is 6.72. The second-order valence-electron chi connectivity index (χ2n) is 4.74. The van der Waals surface area contributed by atoms with Crippen LogP contribution in [0.15, 0.2) is 24.3 Å². The molecule has 1 rings (SSSR count). The molecule has 0 aromatic heterocycles. The van der Waals surface area contributed by atoms with E-state index in [0.717, 1.165) is 6.07 Å². The smallest absolute Gasteiger partial charge is 0.480 e. The Bertz CT molecular complexity index is 577. The Morgan fingerprint density at radius 1 is 1.21 bits per heavy atom. The predicted octanol–water partition coefficient (Wildman–Crippen LogP) is 2.74. The number of benzene rings is 1. The molecule has 0 saturated carbocycles. The number of nitrogens with one attached hydrogen (secondary N) is 1. The van der Waals surface area contributed by atoms with Crippen LogP contribution in [0, 0.1) is 0 Å². The SMILES string of the molecule is O=C(CCc1ccccc1OC(F)(F)F)NC(CC(F)F)C(=O)O. The first kappa shape index (κ1) is 19.7. The molecule has 0 radical (unpaired) electrons. The third-order valence-electron chi connectivity index (χ3n) is 2.87. The fourth-order valence-electron chi connectivity index (χ4n) is 1.85. The molecular formula is C14H14F5NO4. The molecule has 24 heavy (non-hydrogen) atoms. The van der Waals surface area contributed by atoms with Crippen molar-refractivity contribution in [3.63, 3.8) is 0 Å². The van der Waals surface area contributed by atoms with Gasteiger partial charge in [-0.2, -0.15) is 0 Å². The zero-order chi connectivity index (χ0) is 18.3. The van der Waals surface area contributed by atoms with Gasteiger partial charge in [-0.15, -0.1) is 13.2 Å². The van der Waals surface area contributed by atoms with Crippen molar-refractivity contribution in [2.75, 3.05) is 0 Å². The number of carboxylic acid groups (broad SMARTS) is 1. The van der Waals surface area contributed by atoms with Gasteiger partial charge < -0.3 is 15.2 Å². The Labute approximate surface area is 133 Å². The van der Waals surface area contributed by atoms with Gasteiger partial charge in [-0.3, -0.25) is 4.79 Å². The molecule has 134 valence electrons. The fraction of sp³-hybridized carbons (Fsp3) is 0.429. The molecule has 1 unspecified atom stereocenters. The topological polar surface area (TPSA) is 75.6 Å². The Balaban J connectivity index is 2.65. The highest BCUT2D eigenvalue weighted by Gasteiger charge is 2.32. The Hall–Kier alpha value is -2.39. The van der Waals surface area contributed by atoms with Crippen molar-refractivity contribution >= 4 is 11.9 Å². The van der Waals surface area contributed by atoms with Crippen LogP contribution in [0.5, 0.6) is 5.75 Å². The summed E-state index contributed by atoms with van der Waals surface area (Å²) in [5.74, 6) is -2.98. The molecule has 0 aliphatic rings. The van der Waals surface area contributed by atoms with E-state index in [2.05, 4.69) is 4.74 Å². The average Bonchev–Trinajstić information content (AvgIpc) is 2.43. The standard InChI is InChI=1S/C14H14F5NO4/c15-11(16)7-9(13(22)23)20-12(21)6-5-8-3-1-2-4-10(8)24-14(17,18)19/h1-4,9,11H,5-7H2,(H,20,21)(H,22,23).